The van der Waals surface area contributed by atoms with Crippen LogP contribution < -0.4 is 10.2 Å². The van der Waals surface area contributed by atoms with Gasteiger partial charge in [0.2, 0.25) is 0 Å². The molecule has 0 aliphatic carbocycles. The topological polar surface area (TPSA) is 41.0 Å². The van der Waals surface area contributed by atoms with Crippen LogP contribution >= 0.6 is 0 Å². The molecular weight excluding hydrogens is 212 g/mol. The summed E-state index contributed by atoms with van der Waals surface area (Å²) in [6.07, 6.45) is 1.28. The molecule has 1 aliphatic heterocycles. The van der Waals surface area contributed by atoms with Gasteiger partial charge in [0.05, 0.1) is 5.69 Å². The molecule has 1 atom stereocenters. The fourth-order valence-corrected chi connectivity index (χ4v) is 2.34. The van der Waals surface area contributed by atoms with E-state index < -0.39 is 0 Å². The molecule has 4 heteroatoms. The normalized spacial score (nSPS) is 20.2. The molecule has 1 N–H and O–H groups in total. The molecule has 4 nitrogen and oxygen atoms in total. The summed E-state index contributed by atoms with van der Waals surface area (Å²) in [6.45, 7) is 7.62. The van der Waals surface area contributed by atoms with Crippen LogP contribution in [0.5, 0.6) is 0 Å². The number of anilines is 1. The average Bonchev–Trinajstić information content (AvgIpc) is 2.80. The maximum atomic E-state index is 4.31. The van der Waals surface area contributed by atoms with Gasteiger partial charge in [0, 0.05) is 19.6 Å². The van der Waals surface area contributed by atoms with Gasteiger partial charge >= 0.3 is 0 Å². The van der Waals surface area contributed by atoms with Gasteiger partial charge in [0.1, 0.15) is 0 Å². The van der Waals surface area contributed by atoms with E-state index in [9.17, 15) is 0 Å². The van der Waals surface area contributed by atoms with Gasteiger partial charge in [0.25, 0.3) is 0 Å². The zero-order valence-electron chi connectivity index (χ0n) is 11.0. The Morgan fingerprint density at radius 1 is 1.41 bits per heavy atom. The minimum absolute atomic E-state index is 0.761. The highest BCUT2D eigenvalue weighted by atomic mass is 15.3. The van der Waals surface area contributed by atoms with E-state index in [2.05, 4.69) is 46.4 Å². The Bertz CT molecular complexity index is 347. The van der Waals surface area contributed by atoms with Crippen LogP contribution in [0.2, 0.25) is 0 Å². The van der Waals surface area contributed by atoms with E-state index in [0.717, 1.165) is 43.0 Å². The maximum absolute atomic E-state index is 4.31. The number of hydrogen-bond acceptors (Lipinski definition) is 4. The van der Waals surface area contributed by atoms with Crippen LogP contribution in [0.15, 0.2) is 12.1 Å². The third kappa shape index (κ3) is 2.94. The van der Waals surface area contributed by atoms with Crippen molar-refractivity contribution in [3.8, 4) is 0 Å². The standard InChI is InChI=1S/C13H22N4/c1-10(2)11-6-7-17(9-11)13-5-4-12(8-14-3)15-16-13/h4-5,10-11,14H,6-9H2,1-3H3. The second-order valence-electron chi connectivity index (χ2n) is 5.15. The molecule has 2 rings (SSSR count). The van der Waals surface area contributed by atoms with Gasteiger partial charge in [-0.1, -0.05) is 13.8 Å². The first-order valence-corrected chi connectivity index (χ1v) is 6.43. The van der Waals surface area contributed by atoms with Crippen LogP contribution in [0.25, 0.3) is 0 Å². The Labute approximate surface area is 103 Å². The van der Waals surface area contributed by atoms with Crippen molar-refractivity contribution in [2.45, 2.75) is 26.8 Å². The molecule has 1 aromatic rings. The summed E-state index contributed by atoms with van der Waals surface area (Å²) in [7, 11) is 1.92. The molecule has 2 heterocycles. The van der Waals surface area contributed by atoms with Gasteiger partial charge in [0.15, 0.2) is 5.82 Å². The van der Waals surface area contributed by atoms with Crippen molar-refractivity contribution < 1.29 is 0 Å². The zero-order chi connectivity index (χ0) is 12.3. The summed E-state index contributed by atoms with van der Waals surface area (Å²) in [5, 5.41) is 11.6. The summed E-state index contributed by atoms with van der Waals surface area (Å²) in [4.78, 5) is 2.35. The molecule has 0 aromatic carbocycles. The molecule has 94 valence electrons. The lowest BCUT2D eigenvalue weighted by molar-refractivity contribution is 0.422. The van der Waals surface area contributed by atoms with Gasteiger partial charge in [-0.05, 0) is 37.4 Å². The average molecular weight is 234 g/mol. The maximum Gasteiger partial charge on any atom is 0.151 e. The Balaban J connectivity index is 1.99. The fourth-order valence-electron chi connectivity index (χ4n) is 2.34. The minimum atomic E-state index is 0.761. The smallest absolute Gasteiger partial charge is 0.151 e. The van der Waals surface area contributed by atoms with E-state index in [0.29, 0.717) is 0 Å². The Hall–Kier alpha value is -1.16. The molecule has 1 saturated heterocycles. The molecule has 1 fully saturated rings. The number of nitrogens with one attached hydrogen (secondary N) is 1. The lowest BCUT2D eigenvalue weighted by Crippen LogP contribution is -2.22. The second kappa shape index (κ2) is 5.45. The fraction of sp³-hybridized carbons (Fsp3) is 0.692. The molecule has 0 spiro atoms. The molecule has 1 aliphatic rings. The largest absolute Gasteiger partial charge is 0.355 e. The van der Waals surface area contributed by atoms with Gasteiger partial charge in [-0.3, -0.25) is 0 Å². The van der Waals surface area contributed by atoms with Crippen LogP contribution in [0.4, 0.5) is 5.82 Å². The zero-order valence-corrected chi connectivity index (χ0v) is 11.0. The Kier molecular flexibility index (Phi) is 3.94. The first kappa shape index (κ1) is 12.3. The van der Waals surface area contributed by atoms with E-state index in [1.165, 1.54) is 6.42 Å². The lowest BCUT2D eigenvalue weighted by Gasteiger charge is -2.18. The van der Waals surface area contributed by atoms with Gasteiger partial charge in [-0.25, -0.2) is 0 Å². The van der Waals surface area contributed by atoms with Crippen molar-refractivity contribution in [1.29, 1.82) is 0 Å². The molecule has 0 radical (unpaired) electrons. The van der Waals surface area contributed by atoms with Crippen molar-refractivity contribution in [2.75, 3.05) is 25.0 Å². The predicted octanol–water partition coefficient (Wildman–Crippen LogP) is 1.68. The minimum Gasteiger partial charge on any atom is -0.355 e. The SMILES string of the molecule is CNCc1ccc(N2CCC(C(C)C)C2)nn1. The summed E-state index contributed by atoms with van der Waals surface area (Å²) >= 11 is 0. The van der Waals surface area contributed by atoms with Crippen LogP contribution in [0.1, 0.15) is 26.0 Å². The van der Waals surface area contributed by atoms with Crippen molar-refractivity contribution in [3.05, 3.63) is 17.8 Å². The predicted molar refractivity (Wildman–Crippen MR) is 70.0 cm³/mol. The number of aromatic nitrogens is 2. The van der Waals surface area contributed by atoms with E-state index in [-0.39, 0.29) is 0 Å². The van der Waals surface area contributed by atoms with Crippen molar-refractivity contribution in [2.24, 2.45) is 11.8 Å². The summed E-state index contributed by atoms with van der Waals surface area (Å²) in [5.41, 5.74) is 0.996. The van der Waals surface area contributed by atoms with Crippen LogP contribution in [0.3, 0.4) is 0 Å². The molecule has 1 aromatic heterocycles. The van der Waals surface area contributed by atoms with E-state index in [1.54, 1.807) is 0 Å². The van der Waals surface area contributed by atoms with Gasteiger partial charge < -0.3 is 10.2 Å². The third-order valence-electron chi connectivity index (χ3n) is 3.56. The number of hydrogen-bond donors (Lipinski definition) is 1. The third-order valence-corrected chi connectivity index (χ3v) is 3.56. The highest BCUT2D eigenvalue weighted by molar-refractivity contribution is 5.38. The first-order valence-electron chi connectivity index (χ1n) is 6.43. The van der Waals surface area contributed by atoms with Crippen molar-refractivity contribution in [1.82, 2.24) is 15.5 Å². The van der Waals surface area contributed by atoms with E-state index in [4.69, 9.17) is 0 Å². The molecule has 1 unspecified atom stereocenters. The van der Waals surface area contributed by atoms with Crippen LogP contribution in [-0.2, 0) is 6.54 Å². The molecule has 17 heavy (non-hydrogen) atoms. The van der Waals surface area contributed by atoms with Crippen LogP contribution in [-0.4, -0.2) is 30.3 Å². The summed E-state index contributed by atoms with van der Waals surface area (Å²) < 4.78 is 0. The van der Waals surface area contributed by atoms with Gasteiger partial charge in [-0.2, -0.15) is 5.10 Å². The van der Waals surface area contributed by atoms with Crippen LogP contribution in [0, 0.1) is 11.8 Å². The summed E-state index contributed by atoms with van der Waals surface area (Å²) in [5.74, 6) is 2.58. The van der Waals surface area contributed by atoms with E-state index >= 15 is 0 Å². The molecular formula is C13H22N4. The highest BCUT2D eigenvalue weighted by Gasteiger charge is 2.25. The van der Waals surface area contributed by atoms with E-state index in [1.807, 2.05) is 7.05 Å². The molecule has 0 bridgehead atoms. The highest BCUT2D eigenvalue weighted by Crippen LogP contribution is 2.26. The second-order valence-corrected chi connectivity index (χ2v) is 5.15. The Morgan fingerprint density at radius 3 is 2.76 bits per heavy atom. The quantitative estimate of drug-likeness (QED) is 0.860. The van der Waals surface area contributed by atoms with Crippen molar-refractivity contribution in [3.63, 3.8) is 0 Å². The molecule has 0 amide bonds. The van der Waals surface area contributed by atoms with Crippen molar-refractivity contribution >= 4 is 5.82 Å². The monoisotopic (exact) mass is 234 g/mol. The molecule has 0 saturated carbocycles. The lowest BCUT2D eigenvalue weighted by atomic mass is 9.95. The Morgan fingerprint density at radius 2 is 2.24 bits per heavy atom. The first-order chi connectivity index (χ1) is 8.20. The summed E-state index contributed by atoms with van der Waals surface area (Å²) in [6, 6.07) is 4.14. The van der Waals surface area contributed by atoms with Gasteiger partial charge in [-0.15, -0.1) is 5.10 Å². The number of nitrogens with zero attached hydrogens (tertiary/aromatic N) is 3. The number of rotatable bonds is 4.